The van der Waals surface area contributed by atoms with E-state index in [9.17, 15) is 9.46 Å². The number of rotatable bonds is 32. The van der Waals surface area contributed by atoms with Gasteiger partial charge < -0.3 is 13.9 Å². The SMILES string of the molecule is CCCCCCCCCCCCCCCCOP(=O)([O-])OCCCCCCCCCCCCCCCC.[Ca+2]. The first-order chi connectivity index (χ1) is 18.1. The first kappa shape index (κ1) is 41.5. The zero-order valence-corrected chi connectivity index (χ0v) is 29.1. The van der Waals surface area contributed by atoms with Crippen molar-refractivity contribution >= 4 is 45.6 Å². The Morgan fingerprint density at radius 3 is 0.789 bits per heavy atom. The van der Waals surface area contributed by atoms with Gasteiger partial charge in [-0.2, -0.15) is 0 Å². The molecule has 0 rings (SSSR count). The minimum Gasteiger partial charge on any atom is -0.756 e. The molecule has 0 bridgehead atoms. The standard InChI is InChI=1S/C32H67O4P.Ca/c1-3-5-7-9-11-13-15-17-19-21-23-25-27-29-31-35-37(33,34)36-32-30-28-26-24-22-20-18-16-14-12-10-8-6-4-2;/h3-32H2,1-2H3,(H,33,34);/q;+2/p-1. The van der Waals surface area contributed by atoms with Crippen LogP contribution in [0.1, 0.15) is 194 Å². The van der Waals surface area contributed by atoms with Gasteiger partial charge in [0.25, 0.3) is 7.82 Å². The van der Waals surface area contributed by atoms with Gasteiger partial charge in [0, 0.05) is 0 Å². The molecule has 4 nitrogen and oxygen atoms in total. The van der Waals surface area contributed by atoms with E-state index in [2.05, 4.69) is 13.8 Å². The van der Waals surface area contributed by atoms with Gasteiger partial charge in [-0.3, -0.25) is 4.57 Å². The predicted octanol–water partition coefficient (Wildman–Crippen LogP) is 11.1. The predicted molar refractivity (Wildman–Crippen MR) is 166 cm³/mol. The third kappa shape index (κ3) is 35.4. The molecule has 0 atom stereocenters. The van der Waals surface area contributed by atoms with Crippen molar-refractivity contribution in [1.29, 1.82) is 0 Å². The number of hydrogen-bond acceptors (Lipinski definition) is 4. The number of unbranched alkanes of at least 4 members (excludes halogenated alkanes) is 26. The molecule has 0 radical (unpaired) electrons. The van der Waals surface area contributed by atoms with Crippen LogP contribution in [0, 0.1) is 0 Å². The van der Waals surface area contributed by atoms with Crippen molar-refractivity contribution in [3.63, 3.8) is 0 Å². The summed E-state index contributed by atoms with van der Waals surface area (Å²) in [6.45, 7) is 5.06. The quantitative estimate of drug-likeness (QED) is 0.0447. The molecule has 0 aromatic heterocycles. The molecule has 0 aliphatic rings. The summed E-state index contributed by atoms with van der Waals surface area (Å²) in [4.78, 5) is 11.9. The molecule has 0 saturated heterocycles. The van der Waals surface area contributed by atoms with Gasteiger partial charge in [-0.1, -0.05) is 181 Å². The average Bonchev–Trinajstić information content (AvgIpc) is 2.88. The van der Waals surface area contributed by atoms with Crippen molar-refractivity contribution in [1.82, 2.24) is 0 Å². The van der Waals surface area contributed by atoms with Crippen LogP contribution in [0.2, 0.25) is 0 Å². The minimum atomic E-state index is -4.12. The molecule has 0 amide bonds. The van der Waals surface area contributed by atoms with Gasteiger partial charge in [-0.15, -0.1) is 0 Å². The molecule has 0 heterocycles. The van der Waals surface area contributed by atoms with Crippen LogP contribution in [0.4, 0.5) is 0 Å². The summed E-state index contributed by atoms with van der Waals surface area (Å²) in [6, 6.07) is 0. The van der Waals surface area contributed by atoms with Crippen LogP contribution in [-0.4, -0.2) is 51.0 Å². The second-order valence-electron chi connectivity index (χ2n) is 11.3. The van der Waals surface area contributed by atoms with Gasteiger partial charge in [0.1, 0.15) is 0 Å². The molecule has 6 heteroatoms. The van der Waals surface area contributed by atoms with E-state index < -0.39 is 7.82 Å². The van der Waals surface area contributed by atoms with Gasteiger partial charge >= 0.3 is 37.7 Å². The van der Waals surface area contributed by atoms with Gasteiger partial charge in [0.05, 0.1) is 13.2 Å². The average molecular weight is 586 g/mol. The van der Waals surface area contributed by atoms with E-state index in [1.165, 1.54) is 154 Å². The van der Waals surface area contributed by atoms with Gasteiger partial charge in [0.15, 0.2) is 0 Å². The van der Waals surface area contributed by atoms with Crippen LogP contribution in [0.15, 0.2) is 0 Å². The Kier molecular flexibility index (Phi) is 37.8. The van der Waals surface area contributed by atoms with E-state index in [0.717, 1.165) is 25.7 Å². The van der Waals surface area contributed by atoms with Crippen molar-refractivity contribution in [3.05, 3.63) is 0 Å². The summed E-state index contributed by atoms with van der Waals surface area (Å²) in [5.41, 5.74) is 0. The molecule has 0 aliphatic heterocycles. The van der Waals surface area contributed by atoms with Crippen molar-refractivity contribution < 1.29 is 18.5 Å². The van der Waals surface area contributed by atoms with Gasteiger partial charge in [0.2, 0.25) is 0 Å². The third-order valence-corrected chi connectivity index (χ3v) is 8.49. The third-order valence-electron chi connectivity index (χ3n) is 7.49. The van der Waals surface area contributed by atoms with Gasteiger partial charge in [-0.05, 0) is 12.8 Å². The molecule has 0 aromatic rings. The molecule has 0 aromatic carbocycles. The van der Waals surface area contributed by atoms with Crippen LogP contribution in [0.25, 0.3) is 0 Å². The van der Waals surface area contributed by atoms with Crippen molar-refractivity contribution in [3.8, 4) is 0 Å². The van der Waals surface area contributed by atoms with Crippen molar-refractivity contribution in [2.24, 2.45) is 0 Å². The fourth-order valence-electron chi connectivity index (χ4n) is 4.98. The van der Waals surface area contributed by atoms with Crippen LogP contribution in [-0.2, 0) is 13.6 Å². The second-order valence-corrected chi connectivity index (χ2v) is 12.7. The molecule has 0 fully saturated rings. The molecule has 0 saturated carbocycles. The molecule has 38 heavy (non-hydrogen) atoms. The van der Waals surface area contributed by atoms with E-state index in [1.54, 1.807) is 0 Å². The van der Waals surface area contributed by atoms with Crippen molar-refractivity contribution in [2.75, 3.05) is 13.2 Å². The fraction of sp³-hybridized carbons (Fsp3) is 1.00. The maximum atomic E-state index is 11.9. The fourth-order valence-corrected chi connectivity index (χ4v) is 5.76. The zero-order valence-electron chi connectivity index (χ0n) is 26.0. The Labute approximate surface area is 269 Å². The van der Waals surface area contributed by atoms with Crippen LogP contribution in [0.5, 0.6) is 0 Å². The molecule has 0 aliphatic carbocycles. The maximum Gasteiger partial charge on any atom is 2.00 e. The number of phosphoric ester groups is 1. The van der Waals surface area contributed by atoms with E-state index in [1.807, 2.05) is 0 Å². The molecule has 0 unspecified atom stereocenters. The van der Waals surface area contributed by atoms with Crippen LogP contribution >= 0.6 is 7.82 Å². The topological polar surface area (TPSA) is 58.6 Å². The summed E-state index contributed by atoms with van der Waals surface area (Å²) in [6.07, 6.45) is 36.0. The summed E-state index contributed by atoms with van der Waals surface area (Å²) in [7, 11) is -4.12. The van der Waals surface area contributed by atoms with E-state index in [4.69, 9.17) is 9.05 Å². The molecule has 0 N–H and O–H groups in total. The number of phosphoric acid groups is 1. The Morgan fingerprint density at radius 2 is 0.579 bits per heavy atom. The zero-order chi connectivity index (χ0) is 27.1. The van der Waals surface area contributed by atoms with Gasteiger partial charge in [-0.25, -0.2) is 0 Å². The Morgan fingerprint density at radius 1 is 0.395 bits per heavy atom. The summed E-state index contributed by atoms with van der Waals surface area (Å²) in [5.74, 6) is 0. The first-order valence-corrected chi connectivity index (χ1v) is 18.2. The van der Waals surface area contributed by atoms with Crippen molar-refractivity contribution in [2.45, 2.75) is 194 Å². The smallest absolute Gasteiger partial charge is 0.756 e. The van der Waals surface area contributed by atoms with Crippen LogP contribution < -0.4 is 4.89 Å². The largest absolute Gasteiger partial charge is 2.00 e. The maximum absolute atomic E-state index is 11.9. The normalized spacial score (nSPS) is 11.7. The Hall–Kier alpha value is 1.37. The van der Waals surface area contributed by atoms with E-state index >= 15 is 0 Å². The summed E-state index contributed by atoms with van der Waals surface area (Å²) < 4.78 is 21.9. The first-order valence-electron chi connectivity index (χ1n) is 16.7. The molecular weight excluding hydrogens is 519 g/mol. The van der Waals surface area contributed by atoms with E-state index in [0.29, 0.717) is 0 Å². The number of hydrogen-bond donors (Lipinski definition) is 0. The Bertz CT molecular complexity index is 440. The summed E-state index contributed by atoms with van der Waals surface area (Å²) >= 11 is 0. The second kappa shape index (κ2) is 34.6. The van der Waals surface area contributed by atoms with E-state index in [-0.39, 0.29) is 51.0 Å². The monoisotopic (exact) mass is 585 g/mol. The molecule has 224 valence electrons. The minimum absolute atomic E-state index is 0. The van der Waals surface area contributed by atoms with Crippen LogP contribution in [0.3, 0.4) is 0 Å². The molecular formula is C32H66CaO4P+. The summed E-state index contributed by atoms with van der Waals surface area (Å²) in [5, 5.41) is 0. The molecule has 0 spiro atoms. The Balaban J connectivity index is 0.